The fraction of sp³-hybridized carbons (Fsp3) is 0.214. The van der Waals surface area contributed by atoms with Crippen molar-refractivity contribution in [3.05, 3.63) is 40.8 Å². The monoisotopic (exact) mass is 276 g/mol. The van der Waals surface area contributed by atoms with E-state index in [9.17, 15) is 4.79 Å². The summed E-state index contributed by atoms with van der Waals surface area (Å²) in [6.45, 7) is 4.16. The fourth-order valence-corrected chi connectivity index (χ4v) is 2.06. The van der Waals surface area contributed by atoms with Crippen molar-refractivity contribution in [2.45, 2.75) is 13.8 Å². The highest BCUT2D eigenvalue weighted by Gasteiger charge is 2.16. The summed E-state index contributed by atoms with van der Waals surface area (Å²) >= 11 is 5.99. The van der Waals surface area contributed by atoms with E-state index in [-0.39, 0.29) is 10.7 Å². The highest BCUT2D eigenvalue weighted by Crippen LogP contribution is 2.32. The van der Waals surface area contributed by atoms with Gasteiger partial charge in [0.1, 0.15) is 16.7 Å². The predicted octanol–water partition coefficient (Wildman–Crippen LogP) is 3.32. The van der Waals surface area contributed by atoms with Gasteiger partial charge in [-0.1, -0.05) is 23.7 Å². The van der Waals surface area contributed by atoms with Gasteiger partial charge < -0.3 is 4.74 Å². The Balaban J connectivity index is 2.67. The molecule has 0 saturated carbocycles. The highest BCUT2D eigenvalue weighted by molar-refractivity contribution is 6.32. The van der Waals surface area contributed by atoms with Gasteiger partial charge in [0, 0.05) is 5.56 Å². The van der Waals surface area contributed by atoms with Gasteiger partial charge in [0.25, 0.3) is 0 Å². The van der Waals surface area contributed by atoms with Gasteiger partial charge in [-0.3, -0.25) is 4.79 Å². The number of aldehydes is 1. The van der Waals surface area contributed by atoms with Gasteiger partial charge in [-0.15, -0.1) is 0 Å². The van der Waals surface area contributed by atoms with E-state index in [2.05, 4.69) is 9.97 Å². The van der Waals surface area contributed by atoms with Crippen molar-refractivity contribution < 1.29 is 9.53 Å². The van der Waals surface area contributed by atoms with Crippen molar-refractivity contribution in [3.63, 3.8) is 0 Å². The number of aromatic nitrogens is 2. The summed E-state index contributed by atoms with van der Waals surface area (Å²) in [5, 5.41) is 0.156. The molecule has 0 unspecified atom stereocenters. The number of benzene rings is 1. The lowest BCUT2D eigenvalue weighted by Crippen LogP contribution is -2.01. The first kappa shape index (κ1) is 13.5. The summed E-state index contributed by atoms with van der Waals surface area (Å²) in [4.78, 5) is 19.5. The van der Waals surface area contributed by atoms with Crippen LogP contribution in [0.3, 0.4) is 0 Å². The number of carbonyl (C=O) groups excluding carboxylic acids is 1. The maximum absolute atomic E-state index is 11.2. The van der Waals surface area contributed by atoms with E-state index in [1.54, 1.807) is 6.92 Å². The molecule has 0 bridgehead atoms. The molecule has 2 rings (SSSR count). The molecular weight excluding hydrogens is 264 g/mol. The molecule has 0 amide bonds. The van der Waals surface area contributed by atoms with Crippen LogP contribution in [-0.4, -0.2) is 22.9 Å². The molecule has 0 saturated heterocycles. The number of ether oxygens (including phenoxy) is 1. The summed E-state index contributed by atoms with van der Waals surface area (Å²) in [6.07, 6.45) is 0.667. The van der Waals surface area contributed by atoms with Crippen LogP contribution in [0.1, 0.15) is 23.1 Å². The van der Waals surface area contributed by atoms with E-state index >= 15 is 0 Å². The second kappa shape index (κ2) is 5.80. The molecule has 1 aromatic heterocycles. The second-order valence-corrected chi connectivity index (χ2v) is 4.23. The first-order valence-electron chi connectivity index (χ1n) is 5.89. The van der Waals surface area contributed by atoms with Gasteiger partial charge in [0.05, 0.1) is 17.9 Å². The zero-order chi connectivity index (χ0) is 13.8. The first-order valence-corrected chi connectivity index (χ1v) is 6.26. The summed E-state index contributed by atoms with van der Waals surface area (Å²) in [5.41, 5.74) is 1.51. The Labute approximate surface area is 116 Å². The summed E-state index contributed by atoms with van der Waals surface area (Å²) < 4.78 is 5.55. The second-order valence-electron chi connectivity index (χ2n) is 3.87. The van der Waals surface area contributed by atoms with Crippen molar-refractivity contribution in [2.75, 3.05) is 6.61 Å². The quantitative estimate of drug-likeness (QED) is 0.635. The minimum atomic E-state index is 0.156. The van der Waals surface area contributed by atoms with Gasteiger partial charge >= 0.3 is 0 Å². The van der Waals surface area contributed by atoms with Gasteiger partial charge in [-0.2, -0.15) is 0 Å². The van der Waals surface area contributed by atoms with E-state index in [0.717, 1.165) is 5.56 Å². The minimum absolute atomic E-state index is 0.156. The molecule has 0 N–H and O–H groups in total. The van der Waals surface area contributed by atoms with Crippen LogP contribution in [0, 0.1) is 6.92 Å². The van der Waals surface area contributed by atoms with E-state index in [1.165, 1.54) is 0 Å². The lowest BCUT2D eigenvalue weighted by molar-refractivity contribution is 0.112. The number of aryl methyl sites for hydroxylation is 1. The Morgan fingerprint density at radius 3 is 2.74 bits per heavy atom. The van der Waals surface area contributed by atoms with Gasteiger partial charge in [0.2, 0.25) is 0 Å². The van der Waals surface area contributed by atoms with Crippen LogP contribution in [0.2, 0.25) is 5.15 Å². The maximum atomic E-state index is 11.2. The Morgan fingerprint density at radius 1 is 1.32 bits per heavy atom. The molecule has 1 heterocycles. The van der Waals surface area contributed by atoms with Crippen molar-refractivity contribution in [2.24, 2.45) is 0 Å². The van der Waals surface area contributed by atoms with Crippen molar-refractivity contribution in [1.82, 2.24) is 9.97 Å². The smallest absolute Gasteiger partial charge is 0.155 e. The number of hydrogen-bond acceptors (Lipinski definition) is 4. The van der Waals surface area contributed by atoms with Crippen molar-refractivity contribution in [1.29, 1.82) is 0 Å². The molecule has 0 aliphatic heterocycles. The number of halogens is 1. The zero-order valence-corrected chi connectivity index (χ0v) is 11.4. The SMILES string of the molecule is CCOc1ccccc1-c1nc(C)nc(Cl)c1C=O. The Bertz CT molecular complexity index is 614. The molecule has 0 spiro atoms. The molecule has 0 radical (unpaired) electrons. The van der Waals surface area contributed by atoms with E-state index in [4.69, 9.17) is 16.3 Å². The standard InChI is InChI=1S/C14H13ClN2O2/c1-3-19-12-7-5-4-6-10(12)13-11(8-18)14(15)17-9(2)16-13/h4-8H,3H2,1-2H3. The van der Waals surface area contributed by atoms with Crippen LogP contribution in [0.5, 0.6) is 5.75 Å². The third-order valence-electron chi connectivity index (χ3n) is 2.57. The average molecular weight is 277 g/mol. The topological polar surface area (TPSA) is 52.1 Å². The normalized spacial score (nSPS) is 10.3. The molecule has 19 heavy (non-hydrogen) atoms. The van der Waals surface area contributed by atoms with Crippen molar-refractivity contribution >= 4 is 17.9 Å². The van der Waals surface area contributed by atoms with E-state index < -0.39 is 0 Å². The molecular formula is C14H13ClN2O2. The Morgan fingerprint density at radius 2 is 2.05 bits per heavy atom. The Hall–Kier alpha value is -1.94. The molecule has 1 aromatic carbocycles. The molecule has 0 aliphatic rings. The largest absolute Gasteiger partial charge is 0.493 e. The van der Waals surface area contributed by atoms with Crippen LogP contribution in [-0.2, 0) is 0 Å². The number of nitrogens with zero attached hydrogens (tertiary/aromatic N) is 2. The molecule has 0 aliphatic carbocycles. The summed E-state index contributed by atoms with van der Waals surface area (Å²) in [5.74, 6) is 1.18. The minimum Gasteiger partial charge on any atom is -0.493 e. The molecule has 5 heteroatoms. The van der Waals surface area contributed by atoms with Crippen LogP contribution in [0.4, 0.5) is 0 Å². The highest BCUT2D eigenvalue weighted by atomic mass is 35.5. The Kier molecular flexibility index (Phi) is 4.12. The molecule has 4 nitrogen and oxygen atoms in total. The van der Waals surface area contributed by atoms with Crippen LogP contribution >= 0.6 is 11.6 Å². The van der Waals surface area contributed by atoms with Gasteiger partial charge in [0.15, 0.2) is 6.29 Å². The lowest BCUT2D eigenvalue weighted by atomic mass is 10.1. The summed E-state index contributed by atoms with van der Waals surface area (Å²) in [6, 6.07) is 7.40. The van der Waals surface area contributed by atoms with Gasteiger partial charge in [-0.25, -0.2) is 9.97 Å². The first-order chi connectivity index (χ1) is 9.17. The number of para-hydroxylation sites is 1. The molecule has 0 atom stereocenters. The number of hydrogen-bond donors (Lipinski definition) is 0. The van der Waals surface area contributed by atoms with Crippen LogP contribution in [0.15, 0.2) is 24.3 Å². The maximum Gasteiger partial charge on any atom is 0.155 e. The van der Waals surface area contributed by atoms with Crippen molar-refractivity contribution in [3.8, 4) is 17.0 Å². The van der Waals surface area contributed by atoms with Gasteiger partial charge in [-0.05, 0) is 26.0 Å². The van der Waals surface area contributed by atoms with Crippen LogP contribution < -0.4 is 4.74 Å². The molecule has 0 fully saturated rings. The number of rotatable bonds is 4. The van der Waals surface area contributed by atoms with E-state index in [0.29, 0.717) is 30.2 Å². The fourth-order valence-electron chi connectivity index (χ4n) is 1.80. The zero-order valence-electron chi connectivity index (χ0n) is 10.7. The third-order valence-corrected chi connectivity index (χ3v) is 2.86. The van der Waals surface area contributed by atoms with Crippen LogP contribution in [0.25, 0.3) is 11.3 Å². The lowest BCUT2D eigenvalue weighted by Gasteiger charge is -2.12. The van der Waals surface area contributed by atoms with E-state index in [1.807, 2.05) is 31.2 Å². The predicted molar refractivity (Wildman–Crippen MR) is 73.8 cm³/mol. The third kappa shape index (κ3) is 2.74. The summed E-state index contributed by atoms with van der Waals surface area (Å²) in [7, 11) is 0. The molecule has 98 valence electrons. The molecule has 2 aromatic rings. The number of carbonyl (C=O) groups is 1. The average Bonchev–Trinajstić information content (AvgIpc) is 2.39.